The monoisotopic (exact) mass is 339 g/mol. The van der Waals surface area contributed by atoms with E-state index < -0.39 is 35.3 Å². The van der Waals surface area contributed by atoms with E-state index in [0.29, 0.717) is 24.8 Å². The highest BCUT2D eigenvalue weighted by molar-refractivity contribution is 5.97. The van der Waals surface area contributed by atoms with Gasteiger partial charge in [0.05, 0.1) is 6.61 Å². The number of hydrogen-bond acceptors (Lipinski definition) is 3. The van der Waals surface area contributed by atoms with Crippen LogP contribution in [0.3, 0.4) is 0 Å². The predicted molar refractivity (Wildman–Crippen MR) is 80.3 cm³/mol. The number of hydrogen-bond donors (Lipinski definition) is 1. The molecule has 1 saturated heterocycles. The Balaban J connectivity index is 1.98. The van der Waals surface area contributed by atoms with Crippen LogP contribution in [0.2, 0.25) is 0 Å². The lowest BCUT2D eigenvalue weighted by Crippen LogP contribution is -2.55. The average molecular weight is 339 g/mol. The zero-order chi connectivity index (χ0) is 17.5. The number of carbonyl (C=O) groups excluding carboxylic acids is 1. The minimum absolute atomic E-state index is 0.118. The molecule has 7 heteroatoms. The summed E-state index contributed by atoms with van der Waals surface area (Å²) in [7, 11) is 0. The maximum absolute atomic E-state index is 13.5. The first kappa shape index (κ1) is 16.8. The molecule has 2 fully saturated rings. The molecule has 2 aliphatic rings. The van der Waals surface area contributed by atoms with Gasteiger partial charge in [-0.15, -0.1) is 0 Å². The summed E-state index contributed by atoms with van der Waals surface area (Å²) in [5.41, 5.74) is -1.21. The van der Waals surface area contributed by atoms with Crippen molar-refractivity contribution in [2.75, 3.05) is 6.61 Å². The molecule has 1 aliphatic carbocycles. The van der Waals surface area contributed by atoms with Crippen LogP contribution in [0.25, 0.3) is 0 Å². The van der Waals surface area contributed by atoms with Crippen molar-refractivity contribution in [2.45, 2.75) is 44.4 Å². The lowest BCUT2D eigenvalue weighted by atomic mass is 9.83. The molecule has 1 aliphatic heterocycles. The lowest BCUT2D eigenvalue weighted by Gasteiger charge is -2.42. The normalized spacial score (nSPS) is 29.9. The molecule has 1 aromatic carbocycles. The van der Waals surface area contributed by atoms with E-state index in [2.05, 4.69) is 6.92 Å². The van der Waals surface area contributed by atoms with Gasteiger partial charge in [0.1, 0.15) is 17.4 Å². The molecule has 3 rings (SSSR count). The Kier molecular flexibility index (Phi) is 4.29. The van der Waals surface area contributed by atoms with Gasteiger partial charge in [0.15, 0.2) is 6.04 Å². The molecule has 0 radical (unpaired) electrons. The Hall–Kier alpha value is -2.02. The van der Waals surface area contributed by atoms with Crippen molar-refractivity contribution in [1.82, 2.24) is 4.90 Å². The summed E-state index contributed by atoms with van der Waals surface area (Å²) in [5, 5.41) is 9.43. The van der Waals surface area contributed by atoms with E-state index >= 15 is 0 Å². The van der Waals surface area contributed by atoms with Gasteiger partial charge in [0.2, 0.25) is 0 Å². The fraction of sp³-hybridized carbons (Fsp3) is 0.529. The summed E-state index contributed by atoms with van der Waals surface area (Å²) in [4.78, 5) is 25.6. The van der Waals surface area contributed by atoms with Crippen molar-refractivity contribution in [3.63, 3.8) is 0 Å². The number of halogens is 2. The number of amides is 1. The number of carbonyl (C=O) groups is 2. The predicted octanol–water partition coefficient (Wildman–Crippen LogP) is 2.80. The topological polar surface area (TPSA) is 66.8 Å². The van der Waals surface area contributed by atoms with Crippen LogP contribution in [-0.2, 0) is 9.53 Å². The van der Waals surface area contributed by atoms with Gasteiger partial charge in [0, 0.05) is 11.6 Å². The fourth-order valence-corrected chi connectivity index (χ4v) is 3.59. The average Bonchev–Trinajstić information content (AvgIpc) is 2.88. The van der Waals surface area contributed by atoms with E-state index in [-0.39, 0.29) is 12.2 Å². The zero-order valence-corrected chi connectivity index (χ0v) is 13.3. The minimum atomic E-state index is -1.18. The van der Waals surface area contributed by atoms with Crippen LogP contribution >= 0.6 is 0 Å². The van der Waals surface area contributed by atoms with Crippen LogP contribution in [-0.4, -0.2) is 40.3 Å². The molecule has 1 heterocycles. The van der Waals surface area contributed by atoms with E-state index in [1.54, 1.807) is 0 Å². The van der Waals surface area contributed by atoms with E-state index in [1.807, 2.05) is 0 Å². The molecule has 1 atom stereocenters. The summed E-state index contributed by atoms with van der Waals surface area (Å²) >= 11 is 0. The number of rotatable bonds is 2. The minimum Gasteiger partial charge on any atom is -0.480 e. The second-order valence-corrected chi connectivity index (χ2v) is 6.63. The zero-order valence-electron chi connectivity index (χ0n) is 13.3. The highest BCUT2D eigenvalue weighted by Gasteiger charge is 2.53. The second kappa shape index (κ2) is 6.12. The molecule has 130 valence electrons. The van der Waals surface area contributed by atoms with Gasteiger partial charge in [-0.05, 0) is 43.7 Å². The maximum Gasteiger partial charge on any atom is 0.328 e. The molecule has 5 nitrogen and oxygen atoms in total. The molecule has 0 aromatic heterocycles. The molecular formula is C17H19F2NO4. The Morgan fingerprint density at radius 1 is 1.21 bits per heavy atom. The van der Waals surface area contributed by atoms with Gasteiger partial charge in [0.25, 0.3) is 5.91 Å². The number of carboxylic acids is 1. The van der Waals surface area contributed by atoms with Crippen LogP contribution in [0, 0.1) is 17.6 Å². The van der Waals surface area contributed by atoms with Gasteiger partial charge in [-0.2, -0.15) is 0 Å². The van der Waals surface area contributed by atoms with Gasteiger partial charge < -0.3 is 9.84 Å². The first-order chi connectivity index (χ1) is 11.3. The van der Waals surface area contributed by atoms with Crippen LogP contribution in [0.15, 0.2) is 18.2 Å². The number of aliphatic carboxylic acids is 1. The molecule has 1 spiro atoms. The molecule has 0 bridgehead atoms. The third-order valence-corrected chi connectivity index (χ3v) is 4.93. The SMILES string of the molecule is CC1CCC2(CC1)OC[C@H](C(=O)O)N2C(=O)c1cc(F)cc(F)c1. The molecular weight excluding hydrogens is 320 g/mol. The molecule has 1 amide bonds. The standard InChI is InChI=1S/C17H19F2NO4/c1-10-2-4-17(5-3-10)20(14(9-24-17)16(22)23)15(21)11-6-12(18)8-13(19)7-11/h6-8,10,14H,2-5,9H2,1H3,(H,22,23)/t10?,14-,17?/m1/s1. The highest BCUT2D eigenvalue weighted by Crippen LogP contribution is 2.43. The second-order valence-electron chi connectivity index (χ2n) is 6.63. The quantitative estimate of drug-likeness (QED) is 0.900. The van der Waals surface area contributed by atoms with Crippen molar-refractivity contribution in [3.8, 4) is 0 Å². The number of nitrogens with zero attached hydrogens (tertiary/aromatic N) is 1. The van der Waals surface area contributed by atoms with Gasteiger partial charge in [-0.1, -0.05) is 6.92 Å². The fourth-order valence-electron chi connectivity index (χ4n) is 3.59. The van der Waals surface area contributed by atoms with Crippen molar-refractivity contribution >= 4 is 11.9 Å². The van der Waals surface area contributed by atoms with E-state index in [9.17, 15) is 23.5 Å². The Bertz CT molecular complexity index is 650. The Labute approximate surface area is 138 Å². The first-order valence-electron chi connectivity index (χ1n) is 7.99. The first-order valence-corrected chi connectivity index (χ1v) is 7.99. The molecule has 1 saturated carbocycles. The number of carboxylic acid groups (broad SMARTS) is 1. The molecule has 1 aromatic rings. The molecule has 0 unspecified atom stereocenters. The summed E-state index contributed by atoms with van der Waals surface area (Å²) in [5.74, 6) is -3.19. The summed E-state index contributed by atoms with van der Waals surface area (Å²) < 4.78 is 32.7. The summed E-state index contributed by atoms with van der Waals surface area (Å²) in [6.45, 7) is 1.97. The third kappa shape index (κ3) is 2.88. The maximum atomic E-state index is 13.5. The smallest absolute Gasteiger partial charge is 0.328 e. The molecule has 1 N–H and O–H groups in total. The molecule has 24 heavy (non-hydrogen) atoms. The van der Waals surface area contributed by atoms with Crippen molar-refractivity contribution in [2.24, 2.45) is 5.92 Å². The van der Waals surface area contributed by atoms with Crippen molar-refractivity contribution in [1.29, 1.82) is 0 Å². The van der Waals surface area contributed by atoms with E-state index in [4.69, 9.17) is 4.74 Å². The number of benzene rings is 1. The van der Waals surface area contributed by atoms with Gasteiger partial charge in [-0.3, -0.25) is 9.69 Å². The largest absolute Gasteiger partial charge is 0.480 e. The third-order valence-electron chi connectivity index (χ3n) is 4.93. The highest BCUT2D eigenvalue weighted by atomic mass is 19.1. The Morgan fingerprint density at radius 3 is 2.33 bits per heavy atom. The van der Waals surface area contributed by atoms with E-state index in [0.717, 1.165) is 25.0 Å². The van der Waals surface area contributed by atoms with Crippen molar-refractivity contribution in [3.05, 3.63) is 35.4 Å². The van der Waals surface area contributed by atoms with Crippen LogP contribution < -0.4 is 0 Å². The Morgan fingerprint density at radius 2 is 1.79 bits per heavy atom. The summed E-state index contributed by atoms with van der Waals surface area (Å²) in [6.07, 6.45) is 2.63. The van der Waals surface area contributed by atoms with Crippen LogP contribution in [0.5, 0.6) is 0 Å². The van der Waals surface area contributed by atoms with Gasteiger partial charge >= 0.3 is 5.97 Å². The van der Waals surface area contributed by atoms with Crippen LogP contribution in [0.4, 0.5) is 8.78 Å². The number of ether oxygens (including phenoxy) is 1. The summed E-state index contributed by atoms with van der Waals surface area (Å²) in [6, 6.07) is 1.35. The van der Waals surface area contributed by atoms with Crippen LogP contribution in [0.1, 0.15) is 43.0 Å². The van der Waals surface area contributed by atoms with Crippen molar-refractivity contribution < 1.29 is 28.2 Å². The lowest BCUT2D eigenvalue weighted by molar-refractivity contribution is -0.143. The van der Waals surface area contributed by atoms with Gasteiger partial charge in [-0.25, -0.2) is 13.6 Å². The van der Waals surface area contributed by atoms with E-state index in [1.165, 1.54) is 4.90 Å².